The molecular weight excluding hydrogens is 270 g/mol. The monoisotopic (exact) mass is 281 g/mol. The van der Waals surface area contributed by atoms with Crippen LogP contribution in [0.15, 0.2) is 35.1 Å². The van der Waals surface area contributed by atoms with E-state index in [0.717, 1.165) is 12.0 Å². The molecule has 4 nitrogen and oxygen atoms in total. The highest BCUT2D eigenvalue weighted by atomic mass is 35.5. The molecule has 0 radical (unpaired) electrons. The van der Waals surface area contributed by atoms with Crippen molar-refractivity contribution in [3.05, 3.63) is 56.0 Å². The Morgan fingerprint density at radius 2 is 2.00 bits per heavy atom. The van der Waals surface area contributed by atoms with E-state index in [-0.39, 0.29) is 5.56 Å². The van der Waals surface area contributed by atoms with Gasteiger partial charge in [0.05, 0.1) is 0 Å². The van der Waals surface area contributed by atoms with Gasteiger partial charge >= 0.3 is 0 Å². The van der Waals surface area contributed by atoms with Crippen molar-refractivity contribution in [2.24, 2.45) is 0 Å². The van der Waals surface area contributed by atoms with Gasteiger partial charge in [-0.15, -0.1) is 0 Å². The Bertz CT molecular complexity index is 660. The van der Waals surface area contributed by atoms with Gasteiger partial charge in [-0.25, -0.2) is 0 Å². The van der Waals surface area contributed by atoms with Crippen molar-refractivity contribution >= 4 is 29.6 Å². The number of nitrogen functional groups attached to an aromatic ring is 1. The summed E-state index contributed by atoms with van der Waals surface area (Å²) < 4.78 is 2.04. The highest BCUT2D eigenvalue weighted by molar-refractivity contribution is 7.71. The van der Waals surface area contributed by atoms with E-state index in [4.69, 9.17) is 29.6 Å². The fourth-order valence-electron chi connectivity index (χ4n) is 1.66. The van der Waals surface area contributed by atoms with Gasteiger partial charge in [-0.05, 0) is 36.3 Å². The van der Waals surface area contributed by atoms with E-state index in [1.807, 2.05) is 24.3 Å². The molecule has 2 rings (SSSR count). The molecule has 2 aromatic rings. The van der Waals surface area contributed by atoms with Gasteiger partial charge in [0.1, 0.15) is 5.82 Å². The van der Waals surface area contributed by atoms with Crippen LogP contribution in [-0.4, -0.2) is 9.55 Å². The molecule has 0 bridgehead atoms. The third-order valence-electron chi connectivity index (χ3n) is 2.60. The Kier molecular flexibility index (Phi) is 3.84. The number of nitrogens with one attached hydrogen (secondary N) is 1. The van der Waals surface area contributed by atoms with E-state index < -0.39 is 0 Å². The minimum Gasteiger partial charge on any atom is -0.385 e. The van der Waals surface area contributed by atoms with Crippen molar-refractivity contribution in [1.29, 1.82) is 0 Å². The molecule has 0 atom stereocenters. The molecule has 0 spiro atoms. The minimum atomic E-state index is -0.278. The van der Waals surface area contributed by atoms with Gasteiger partial charge in [-0.3, -0.25) is 9.78 Å². The molecule has 3 N–H and O–H groups in total. The second-order valence-corrected chi connectivity index (χ2v) is 4.71. The number of aryl methyl sites for hydroxylation is 1. The van der Waals surface area contributed by atoms with Crippen molar-refractivity contribution in [1.82, 2.24) is 9.55 Å². The highest BCUT2D eigenvalue weighted by Gasteiger charge is 2.01. The van der Waals surface area contributed by atoms with Gasteiger partial charge < -0.3 is 10.3 Å². The molecule has 1 aromatic carbocycles. The number of H-pyrrole nitrogens is 1. The molecule has 0 saturated carbocycles. The van der Waals surface area contributed by atoms with Crippen LogP contribution in [0.25, 0.3) is 0 Å². The first-order chi connectivity index (χ1) is 8.56. The smallest absolute Gasteiger partial charge is 0.253 e. The number of aromatic nitrogens is 2. The maximum atomic E-state index is 11.1. The zero-order valence-corrected chi connectivity index (χ0v) is 11.1. The zero-order valence-electron chi connectivity index (χ0n) is 9.52. The van der Waals surface area contributed by atoms with E-state index in [2.05, 4.69) is 4.98 Å². The first-order valence-electron chi connectivity index (χ1n) is 5.40. The predicted octanol–water partition coefficient (Wildman–Crippen LogP) is 2.38. The first kappa shape index (κ1) is 12.9. The quantitative estimate of drug-likeness (QED) is 0.849. The summed E-state index contributed by atoms with van der Waals surface area (Å²) in [6.45, 7) is 0.614. The third kappa shape index (κ3) is 3.00. The molecule has 18 heavy (non-hydrogen) atoms. The van der Waals surface area contributed by atoms with E-state index in [9.17, 15) is 4.79 Å². The van der Waals surface area contributed by atoms with Crippen molar-refractivity contribution in [3.8, 4) is 0 Å². The van der Waals surface area contributed by atoms with Crippen LogP contribution in [0.5, 0.6) is 0 Å². The Hall–Kier alpha value is -1.59. The van der Waals surface area contributed by atoms with Crippen molar-refractivity contribution < 1.29 is 0 Å². The van der Waals surface area contributed by atoms with Crippen LogP contribution in [0.2, 0.25) is 5.02 Å². The van der Waals surface area contributed by atoms with Crippen molar-refractivity contribution in [2.75, 3.05) is 5.73 Å². The van der Waals surface area contributed by atoms with E-state index in [0.29, 0.717) is 22.2 Å². The summed E-state index contributed by atoms with van der Waals surface area (Å²) in [5.74, 6) is 0.373. The minimum absolute atomic E-state index is 0.278. The molecular formula is C12H12ClN3OS. The molecule has 0 unspecified atom stereocenters. The van der Waals surface area contributed by atoms with Crippen LogP contribution in [-0.2, 0) is 13.0 Å². The molecule has 0 amide bonds. The molecule has 0 aliphatic carbocycles. The molecule has 1 heterocycles. The summed E-state index contributed by atoms with van der Waals surface area (Å²) in [5.41, 5.74) is 6.62. The van der Waals surface area contributed by atoms with Gasteiger partial charge in [0.2, 0.25) is 0 Å². The summed E-state index contributed by atoms with van der Waals surface area (Å²) in [5, 5.41) is 0.707. The second-order valence-electron chi connectivity index (χ2n) is 3.89. The molecule has 94 valence electrons. The summed E-state index contributed by atoms with van der Waals surface area (Å²) in [6, 6.07) is 8.91. The number of anilines is 1. The summed E-state index contributed by atoms with van der Waals surface area (Å²) in [6.07, 6.45) is 0.766. The number of nitrogens with zero attached hydrogens (tertiary/aromatic N) is 1. The molecule has 0 fully saturated rings. The average molecular weight is 282 g/mol. The van der Waals surface area contributed by atoms with Crippen LogP contribution in [0.3, 0.4) is 0 Å². The third-order valence-corrected chi connectivity index (χ3v) is 3.18. The van der Waals surface area contributed by atoms with Crippen LogP contribution >= 0.6 is 23.8 Å². The van der Waals surface area contributed by atoms with E-state index >= 15 is 0 Å². The van der Waals surface area contributed by atoms with Gasteiger partial charge in [0, 0.05) is 17.6 Å². The number of halogens is 1. The molecule has 6 heteroatoms. The Morgan fingerprint density at radius 1 is 1.33 bits per heavy atom. The molecule has 1 aromatic heterocycles. The van der Waals surface area contributed by atoms with Crippen LogP contribution < -0.4 is 11.3 Å². The highest BCUT2D eigenvalue weighted by Crippen LogP contribution is 2.11. The standard InChI is InChI=1S/C12H12ClN3OS/c13-9-3-1-8(2-4-9)5-6-16-10(14)7-11(17)15-12(16)18/h1-4,7H,5-6,14H2,(H,15,17,18). The van der Waals surface area contributed by atoms with Gasteiger partial charge in [0.15, 0.2) is 4.77 Å². The number of hydrogen-bond acceptors (Lipinski definition) is 3. The number of hydrogen-bond donors (Lipinski definition) is 2. The van der Waals surface area contributed by atoms with Crippen molar-refractivity contribution in [3.63, 3.8) is 0 Å². The van der Waals surface area contributed by atoms with Gasteiger partial charge in [0.25, 0.3) is 5.56 Å². The lowest BCUT2D eigenvalue weighted by molar-refractivity contribution is 0.672. The first-order valence-corrected chi connectivity index (χ1v) is 6.19. The fourth-order valence-corrected chi connectivity index (χ4v) is 2.08. The predicted molar refractivity (Wildman–Crippen MR) is 75.5 cm³/mol. The van der Waals surface area contributed by atoms with Crippen LogP contribution in [0.4, 0.5) is 5.82 Å². The summed E-state index contributed by atoms with van der Waals surface area (Å²) in [7, 11) is 0. The lowest BCUT2D eigenvalue weighted by Gasteiger charge is -2.09. The van der Waals surface area contributed by atoms with E-state index in [1.54, 1.807) is 4.57 Å². The lowest BCUT2D eigenvalue weighted by Crippen LogP contribution is -2.17. The van der Waals surface area contributed by atoms with E-state index in [1.165, 1.54) is 6.07 Å². The number of benzene rings is 1. The maximum absolute atomic E-state index is 11.1. The topological polar surface area (TPSA) is 63.8 Å². The Morgan fingerprint density at radius 3 is 2.61 bits per heavy atom. The lowest BCUT2D eigenvalue weighted by atomic mass is 10.1. The van der Waals surface area contributed by atoms with Crippen molar-refractivity contribution in [2.45, 2.75) is 13.0 Å². The Labute approximate surface area is 114 Å². The Balaban J connectivity index is 2.18. The average Bonchev–Trinajstić information content (AvgIpc) is 2.30. The number of aromatic amines is 1. The number of nitrogens with two attached hydrogens (primary N) is 1. The molecule has 0 saturated heterocycles. The molecule has 0 aliphatic rings. The summed E-state index contributed by atoms with van der Waals surface area (Å²) in [4.78, 5) is 13.7. The second kappa shape index (κ2) is 5.37. The zero-order chi connectivity index (χ0) is 13.1. The van der Waals surface area contributed by atoms with Crippen LogP contribution in [0.1, 0.15) is 5.56 Å². The summed E-state index contributed by atoms with van der Waals surface area (Å²) >= 11 is 10.9. The maximum Gasteiger partial charge on any atom is 0.253 e. The number of rotatable bonds is 3. The molecule has 0 aliphatic heterocycles. The van der Waals surface area contributed by atoms with Gasteiger partial charge in [-0.2, -0.15) is 0 Å². The van der Waals surface area contributed by atoms with Crippen LogP contribution in [0, 0.1) is 4.77 Å². The SMILES string of the molecule is Nc1cc(=O)[nH]c(=S)n1CCc1ccc(Cl)cc1. The fraction of sp³-hybridized carbons (Fsp3) is 0.167. The van der Waals surface area contributed by atoms with Gasteiger partial charge in [-0.1, -0.05) is 23.7 Å². The normalized spacial score (nSPS) is 10.5. The largest absolute Gasteiger partial charge is 0.385 e.